The van der Waals surface area contributed by atoms with Gasteiger partial charge >= 0.3 is 0 Å². The quantitative estimate of drug-likeness (QED) is 0.882. The highest BCUT2D eigenvalue weighted by Gasteiger charge is 2.32. The molecule has 3 heterocycles. The van der Waals surface area contributed by atoms with Crippen LogP contribution >= 0.6 is 0 Å². The number of sulfone groups is 1. The molecular weight excluding hydrogens is 278 g/mol. The summed E-state index contributed by atoms with van der Waals surface area (Å²) >= 11 is 0. The van der Waals surface area contributed by atoms with Gasteiger partial charge in [-0.2, -0.15) is 0 Å². The lowest BCUT2D eigenvalue weighted by atomic mass is 10.2. The molecule has 108 valence electrons. The van der Waals surface area contributed by atoms with E-state index in [1.165, 1.54) is 0 Å². The number of hydrogen-bond acceptors (Lipinski definition) is 6. The Bertz CT molecular complexity index is 739. The first-order chi connectivity index (χ1) is 9.50. The summed E-state index contributed by atoms with van der Waals surface area (Å²) in [7, 11) is 0.761. The second-order valence-electron chi connectivity index (χ2n) is 5.03. The van der Waals surface area contributed by atoms with Crippen LogP contribution in [0.4, 0.5) is 11.6 Å². The smallest absolute Gasteiger partial charge is 0.180 e. The standard InChI is InChI=1S/C12H17N5O2S/c1-13-10-7-17-5-4-14-11(17)12(15-10)16(2)9-3-6-20(18,19)8-9/h4-5,7,9,13H,3,6,8H2,1-2H3. The Morgan fingerprint density at radius 1 is 1.50 bits per heavy atom. The summed E-state index contributed by atoms with van der Waals surface area (Å²) in [6, 6.07) is -0.0416. The molecule has 1 N–H and O–H groups in total. The fourth-order valence-corrected chi connectivity index (χ4v) is 4.30. The molecule has 2 aromatic rings. The molecule has 0 aliphatic carbocycles. The third kappa shape index (κ3) is 2.20. The molecule has 0 aromatic carbocycles. The summed E-state index contributed by atoms with van der Waals surface area (Å²) in [6.07, 6.45) is 6.04. The van der Waals surface area contributed by atoms with Crippen molar-refractivity contribution in [2.24, 2.45) is 0 Å². The molecule has 3 rings (SSSR count). The van der Waals surface area contributed by atoms with E-state index in [1.807, 2.05) is 28.7 Å². The van der Waals surface area contributed by atoms with E-state index in [0.717, 1.165) is 11.5 Å². The molecule has 1 aliphatic rings. The van der Waals surface area contributed by atoms with Crippen molar-refractivity contribution >= 4 is 27.1 Å². The summed E-state index contributed by atoms with van der Waals surface area (Å²) in [5.41, 5.74) is 0.732. The molecule has 7 nitrogen and oxygen atoms in total. The third-order valence-corrected chi connectivity index (χ3v) is 5.45. The van der Waals surface area contributed by atoms with Gasteiger partial charge in [0.15, 0.2) is 21.3 Å². The number of rotatable bonds is 3. The van der Waals surface area contributed by atoms with Crippen LogP contribution in [0.15, 0.2) is 18.6 Å². The van der Waals surface area contributed by atoms with E-state index >= 15 is 0 Å². The predicted octanol–water partition coefficient (Wildman–Crippen LogP) is 0.394. The maximum atomic E-state index is 11.6. The number of hydrogen-bond donors (Lipinski definition) is 1. The Hall–Kier alpha value is -1.83. The van der Waals surface area contributed by atoms with Gasteiger partial charge in [0.25, 0.3) is 0 Å². The Morgan fingerprint density at radius 3 is 2.95 bits per heavy atom. The summed E-state index contributed by atoms with van der Waals surface area (Å²) in [4.78, 5) is 10.7. The molecule has 0 radical (unpaired) electrons. The van der Waals surface area contributed by atoms with E-state index in [2.05, 4.69) is 15.3 Å². The summed E-state index contributed by atoms with van der Waals surface area (Å²) < 4.78 is 25.1. The molecule has 0 saturated carbocycles. The van der Waals surface area contributed by atoms with Crippen molar-refractivity contribution in [3.05, 3.63) is 18.6 Å². The number of fused-ring (bicyclic) bond motifs is 1. The monoisotopic (exact) mass is 295 g/mol. The van der Waals surface area contributed by atoms with Gasteiger partial charge in [-0.3, -0.25) is 0 Å². The zero-order valence-corrected chi connectivity index (χ0v) is 12.3. The van der Waals surface area contributed by atoms with Crippen LogP contribution in [-0.2, 0) is 9.84 Å². The van der Waals surface area contributed by atoms with E-state index in [0.29, 0.717) is 12.2 Å². The van der Waals surface area contributed by atoms with Crippen molar-refractivity contribution in [2.75, 3.05) is 35.8 Å². The molecule has 20 heavy (non-hydrogen) atoms. The van der Waals surface area contributed by atoms with Crippen LogP contribution in [-0.4, -0.2) is 54.4 Å². The van der Waals surface area contributed by atoms with E-state index < -0.39 is 9.84 Å². The highest BCUT2D eigenvalue weighted by molar-refractivity contribution is 7.91. The third-order valence-electron chi connectivity index (χ3n) is 3.70. The van der Waals surface area contributed by atoms with Crippen LogP contribution in [0.5, 0.6) is 0 Å². The van der Waals surface area contributed by atoms with Crippen LogP contribution < -0.4 is 10.2 Å². The second kappa shape index (κ2) is 4.62. The van der Waals surface area contributed by atoms with Gasteiger partial charge in [0.1, 0.15) is 5.82 Å². The first kappa shape index (κ1) is 13.2. The molecule has 1 unspecified atom stereocenters. The van der Waals surface area contributed by atoms with Crippen LogP contribution in [0.1, 0.15) is 6.42 Å². The van der Waals surface area contributed by atoms with Crippen molar-refractivity contribution in [3.8, 4) is 0 Å². The van der Waals surface area contributed by atoms with E-state index in [-0.39, 0.29) is 17.5 Å². The first-order valence-electron chi connectivity index (χ1n) is 6.45. The molecule has 1 aliphatic heterocycles. The Kier molecular flexibility index (Phi) is 3.04. The van der Waals surface area contributed by atoms with Gasteiger partial charge in [-0.05, 0) is 6.42 Å². The maximum absolute atomic E-state index is 11.6. The van der Waals surface area contributed by atoms with Crippen LogP contribution in [0.3, 0.4) is 0 Å². The number of aromatic nitrogens is 3. The number of nitrogens with zero attached hydrogens (tertiary/aromatic N) is 4. The van der Waals surface area contributed by atoms with E-state index in [9.17, 15) is 8.42 Å². The summed E-state index contributed by atoms with van der Waals surface area (Å²) in [6.45, 7) is 0. The minimum absolute atomic E-state index is 0.0416. The van der Waals surface area contributed by atoms with Crippen molar-refractivity contribution in [1.29, 1.82) is 0 Å². The lowest BCUT2D eigenvalue weighted by Gasteiger charge is -2.25. The summed E-state index contributed by atoms with van der Waals surface area (Å²) in [5, 5.41) is 3.01. The van der Waals surface area contributed by atoms with Crippen molar-refractivity contribution in [2.45, 2.75) is 12.5 Å². The van der Waals surface area contributed by atoms with Gasteiger partial charge in [-0.25, -0.2) is 18.4 Å². The Morgan fingerprint density at radius 2 is 2.30 bits per heavy atom. The van der Waals surface area contributed by atoms with Gasteiger partial charge in [-0.15, -0.1) is 0 Å². The Balaban J connectivity index is 2.02. The van der Waals surface area contributed by atoms with Crippen LogP contribution in [0.2, 0.25) is 0 Å². The zero-order chi connectivity index (χ0) is 14.3. The van der Waals surface area contributed by atoms with Crippen molar-refractivity contribution < 1.29 is 8.42 Å². The lowest BCUT2D eigenvalue weighted by Crippen LogP contribution is -2.33. The average molecular weight is 295 g/mol. The summed E-state index contributed by atoms with van der Waals surface area (Å²) in [5.74, 6) is 1.85. The normalized spacial score (nSPS) is 21.2. The predicted molar refractivity (Wildman–Crippen MR) is 78.0 cm³/mol. The van der Waals surface area contributed by atoms with Gasteiger partial charge in [0.2, 0.25) is 0 Å². The molecule has 1 fully saturated rings. The minimum Gasteiger partial charge on any atom is -0.372 e. The first-order valence-corrected chi connectivity index (χ1v) is 8.27. The highest BCUT2D eigenvalue weighted by atomic mass is 32.2. The molecule has 1 atom stereocenters. The average Bonchev–Trinajstić information content (AvgIpc) is 3.02. The molecule has 0 spiro atoms. The van der Waals surface area contributed by atoms with Crippen molar-refractivity contribution in [3.63, 3.8) is 0 Å². The van der Waals surface area contributed by atoms with E-state index in [4.69, 9.17) is 0 Å². The van der Waals surface area contributed by atoms with Gasteiger partial charge in [-0.1, -0.05) is 0 Å². The topological polar surface area (TPSA) is 79.6 Å². The molecule has 0 bridgehead atoms. The van der Waals surface area contributed by atoms with Gasteiger partial charge in [0, 0.05) is 32.5 Å². The maximum Gasteiger partial charge on any atom is 0.180 e. The zero-order valence-electron chi connectivity index (χ0n) is 11.4. The van der Waals surface area contributed by atoms with Gasteiger partial charge < -0.3 is 14.6 Å². The number of imidazole rings is 1. The second-order valence-corrected chi connectivity index (χ2v) is 7.25. The molecule has 2 aromatic heterocycles. The highest BCUT2D eigenvalue weighted by Crippen LogP contribution is 2.25. The fourth-order valence-electron chi connectivity index (χ4n) is 2.53. The van der Waals surface area contributed by atoms with E-state index in [1.54, 1.807) is 13.2 Å². The van der Waals surface area contributed by atoms with Crippen LogP contribution in [0, 0.1) is 0 Å². The van der Waals surface area contributed by atoms with Crippen molar-refractivity contribution in [1.82, 2.24) is 14.4 Å². The fraction of sp³-hybridized carbons (Fsp3) is 0.500. The molecule has 0 amide bonds. The lowest BCUT2D eigenvalue weighted by molar-refractivity contribution is 0.600. The minimum atomic E-state index is -2.92. The van der Waals surface area contributed by atoms with Crippen LogP contribution in [0.25, 0.3) is 5.65 Å². The molecule has 1 saturated heterocycles. The Labute approximate surface area is 117 Å². The number of anilines is 2. The molecule has 8 heteroatoms. The molecular formula is C12H17N5O2S. The SMILES string of the molecule is CNc1cn2ccnc2c(N(C)C2CCS(=O)(=O)C2)n1. The largest absolute Gasteiger partial charge is 0.372 e. The van der Waals surface area contributed by atoms with Gasteiger partial charge in [0.05, 0.1) is 17.7 Å². The number of nitrogens with one attached hydrogen (secondary N) is 1.